The lowest BCUT2D eigenvalue weighted by atomic mass is 9.77. The zero-order valence-corrected chi connectivity index (χ0v) is 13.7. The molecular formula is C17H28ClN. The molecule has 0 aliphatic rings. The molecule has 1 atom stereocenters. The highest BCUT2D eigenvalue weighted by atomic mass is 35.5. The molecule has 0 spiro atoms. The van der Waals surface area contributed by atoms with E-state index in [1.807, 2.05) is 12.1 Å². The van der Waals surface area contributed by atoms with Gasteiger partial charge in [-0.05, 0) is 54.5 Å². The summed E-state index contributed by atoms with van der Waals surface area (Å²) in [5.41, 5.74) is 1.68. The average Bonchev–Trinajstić information content (AvgIpc) is 2.28. The van der Waals surface area contributed by atoms with Crippen molar-refractivity contribution in [2.45, 2.75) is 41.0 Å². The molecule has 0 aliphatic heterocycles. The lowest BCUT2D eigenvalue weighted by molar-refractivity contribution is 0.228. The largest absolute Gasteiger partial charge is 0.316 e. The molecule has 0 saturated heterocycles. The van der Waals surface area contributed by atoms with Crippen LogP contribution < -0.4 is 5.32 Å². The van der Waals surface area contributed by atoms with E-state index in [-0.39, 0.29) is 0 Å². The van der Waals surface area contributed by atoms with Gasteiger partial charge in [-0.3, -0.25) is 0 Å². The minimum Gasteiger partial charge on any atom is -0.316 e. The van der Waals surface area contributed by atoms with Gasteiger partial charge in [0.05, 0.1) is 0 Å². The molecule has 108 valence electrons. The number of nitrogens with one attached hydrogen (secondary N) is 1. The van der Waals surface area contributed by atoms with Gasteiger partial charge in [0, 0.05) is 5.02 Å². The van der Waals surface area contributed by atoms with Crippen LogP contribution in [-0.2, 0) is 6.42 Å². The van der Waals surface area contributed by atoms with Gasteiger partial charge >= 0.3 is 0 Å². The van der Waals surface area contributed by atoms with Crippen LogP contribution in [-0.4, -0.2) is 13.1 Å². The molecule has 0 aliphatic carbocycles. The van der Waals surface area contributed by atoms with Crippen molar-refractivity contribution in [1.29, 1.82) is 0 Å². The van der Waals surface area contributed by atoms with Gasteiger partial charge in [0.15, 0.2) is 0 Å². The molecule has 1 aromatic rings. The van der Waals surface area contributed by atoms with Crippen LogP contribution in [0.5, 0.6) is 0 Å². The number of benzene rings is 1. The molecule has 0 saturated carbocycles. The molecular weight excluding hydrogens is 254 g/mol. The Balaban J connectivity index is 2.62. The molecule has 1 nitrogen and oxygen atoms in total. The fourth-order valence-corrected chi connectivity index (χ4v) is 2.26. The Labute approximate surface area is 123 Å². The van der Waals surface area contributed by atoms with Crippen molar-refractivity contribution in [3.63, 3.8) is 0 Å². The second kappa shape index (κ2) is 7.31. The third-order valence-corrected chi connectivity index (χ3v) is 3.82. The summed E-state index contributed by atoms with van der Waals surface area (Å²) < 4.78 is 0. The topological polar surface area (TPSA) is 12.0 Å². The zero-order chi connectivity index (χ0) is 14.5. The fraction of sp³-hybridized carbons (Fsp3) is 0.647. The molecule has 1 N–H and O–H groups in total. The first-order chi connectivity index (χ1) is 8.79. The molecule has 19 heavy (non-hydrogen) atoms. The summed E-state index contributed by atoms with van der Waals surface area (Å²) in [6.45, 7) is 13.6. The first kappa shape index (κ1) is 16.5. The van der Waals surface area contributed by atoms with Crippen LogP contribution in [0.25, 0.3) is 0 Å². The minimum atomic E-state index is 0.309. The normalized spacial score (nSPS) is 13.8. The Bertz CT molecular complexity index is 362. The number of rotatable bonds is 6. The van der Waals surface area contributed by atoms with Gasteiger partial charge < -0.3 is 5.32 Å². The molecule has 0 fully saturated rings. The second-order valence-corrected chi connectivity index (χ2v) is 7.38. The Morgan fingerprint density at radius 1 is 1.05 bits per heavy atom. The van der Waals surface area contributed by atoms with E-state index in [1.165, 1.54) is 5.56 Å². The van der Waals surface area contributed by atoms with Gasteiger partial charge in [-0.2, -0.15) is 0 Å². The van der Waals surface area contributed by atoms with E-state index >= 15 is 0 Å². The summed E-state index contributed by atoms with van der Waals surface area (Å²) in [4.78, 5) is 0. The van der Waals surface area contributed by atoms with Gasteiger partial charge in [0.2, 0.25) is 0 Å². The van der Waals surface area contributed by atoms with E-state index in [2.05, 4.69) is 52.1 Å². The van der Waals surface area contributed by atoms with E-state index in [0.717, 1.165) is 24.5 Å². The van der Waals surface area contributed by atoms with Crippen molar-refractivity contribution >= 4 is 11.6 Å². The summed E-state index contributed by atoms with van der Waals surface area (Å²) in [6.07, 6.45) is 1.10. The highest BCUT2D eigenvalue weighted by Crippen LogP contribution is 2.29. The van der Waals surface area contributed by atoms with Gasteiger partial charge in [0.25, 0.3) is 0 Å². The third kappa shape index (κ3) is 6.44. The summed E-state index contributed by atoms with van der Waals surface area (Å²) in [5.74, 6) is 1.34. The maximum Gasteiger partial charge on any atom is 0.0406 e. The van der Waals surface area contributed by atoms with Crippen LogP contribution in [0.4, 0.5) is 0 Å². The van der Waals surface area contributed by atoms with Crippen molar-refractivity contribution in [1.82, 2.24) is 5.32 Å². The maximum atomic E-state index is 5.94. The summed E-state index contributed by atoms with van der Waals surface area (Å²) >= 11 is 5.94. The Morgan fingerprint density at radius 3 is 2.11 bits per heavy atom. The van der Waals surface area contributed by atoms with Gasteiger partial charge in [0.1, 0.15) is 0 Å². The highest BCUT2D eigenvalue weighted by molar-refractivity contribution is 6.30. The van der Waals surface area contributed by atoms with Crippen LogP contribution in [0.15, 0.2) is 24.3 Å². The van der Waals surface area contributed by atoms with E-state index in [1.54, 1.807) is 0 Å². The molecule has 1 rings (SSSR count). The van der Waals surface area contributed by atoms with Gasteiger partial charge in [-0.15, -0.1) is 0 Å². The quantitative estimate of drug-likeness (QED) is 0.790. The highest BCUT2D eigenvalue weighted by Gasteiger charge is 2.24. The molecule has 0 bridgehead atoms. The van der Waals surface area contributed by atoms with Crippen molar-refractivity contribution in [2.24, 2.45) is 17.3 Å². The van der Waals surface area contributed by atoms with Crippen molar-refractivity contribution in [3.8, 4) is 0 Å². The van der Waals surface area contributed by atoms with E-state index in [0.29, 0.717) is 17.3 Å². The molecule has 0 heterocycles. The molecule has 1 unspecified atom stereocenters. The number of halogens is 1. The number of hydrogen-bond donors (Lipinski definition) is 1. The molecule has 2 heteroatoms. The van der Waals surface area contributed by atoms with Crippen LogP contribution >= 0.6 is 11.6 Å². The van der Waals surface area contributed by atoms with Crippen molar-refractivity contribution in [2.75, 3.05) is 13.1 Å². The standard InChI is InChI=1S/C17H28ClN/c1-13(2)11-19-12-15(17(3,4)5)10-14-6-8-16(18)9-7-14/h6-9,13,15,19H,10-12H2,1-5H3. The van der Waals surface area contributed by atoms with Gasteiger partial charge in [-0.1, -0.05) is 58.4 Å². The van der Waals surface area contributed by atoms with Crippen LogP contribution in [0, 0.1) is 17.3 Å². The lowest BCUT2D eigenvalue weighted by Gasteiger charge is -2.31. The van der Waals surface area contributed by atoms with Crippen LogP contribution in [0.1, 0.15) is 40.2 Å². The Kier molecular flexibility index (Phi) is 6.35. The van der Waals surface area contributed by atoms with Crippen LogP contribution in [0.3, 0.4) is 0 Å². The fourth-order valence-electron chi connectivity index (χ4n) is 2.14. The summed E-state index contributed by atoms with van der Waals surface area (Å²) in [7, 11) is 0. The predicted octanol–water partition coefficient (Wildman–Crippen LogP) is 4.79. The van der Waals surface area contributed by atoms with E-state index < -0.39 is 0 Å². The first-order valence-electron chi connectivity index (χ1n) is 7.24. The smallest absolute Gasteiger partial charge is 0.0406 e. The minimum absolute atomic E-state index is 0.309. The maximum absolute atomic E-state index is 5.94. The SMILES string of the molecule is CC(C)CNCC(Cc1ccc(Cl)cc1)C(C)(C)C. The Morgan fingerprint density at radius 2 is 1.63 bits per heavy atom. The lowest BCUT2D eigenvalue weighted by Crippen LogP contribution is -2.35. The molecule has 0 radical (unpaired) electrons. The van der Waals surface area contributed by atoms with Crippen LogP contribution in [0.2, 0.25) is 5.02 Å². The van der Waals surface area contributed by atoms with Gasteiger partial charge in [-0.25, -0.2) is 0 Å². The number of hydrogen-bond acceptors (Lipinski definition) is 1. The monoisotopic (exact) mass is 281 g/mol. The predicted molar refractivity (Wildman–Crippen MR) is 85.8 cm³/mol. The van der Waals surface area contributed by atoms with Crippen molar-refractivity contribution in [3.05, 3.63) is 34.9 Å². The Hall–Kier alpha value is -0.530. The third-order valence-electron chi connectivity index (χ3n) is 3.56. The van der Waals surface area contributed by atoms with E-state index in [4.69, 9.17) is 11.6 Å². The summed E-state index contributed by atoms with van der Waals surface area (Å²) in [6, 6.07) is 8.25. The van der Waals surface area contributed by atoms with Crippen molar-refractivity contribution < 1.29 is 0 Å². The zero-order valence-electron chi connectivity index (χ0n) is 13.0. The molecule has 0 amide bonds. The average molecular weight is 282 g/mol. The first-order valence-corrected chi connectivity index (χ1v) is 7.62. The summed E-state index contributed by atoms with van der Waals surface area (Å²) in [5, 5.41) is 4.41. The molecule has 0 aromatic heterocycles. The molecule has 1 aromatic carbocycles. The van der Waals surface area contributed by atoms with E-state index in [9.17, 15) is 0 Å². The second-order valence-electron chi connectivity index (χ2n) is 6.95.